The van der Waals surface area contributed by atoms with Crippen molar-refractivity contribution in [1.29, 1.82) is 0 Å². The SMILES string of the molecule is CC(CC1N=CN(CC2CCCCC2)C1C)C(=O)O. The number of hydrogen-bond donors (Lipinski definition) is 1. The molecule has 1 aliphatic heterocycles. The highest BCUT2D eigenvalue weighted by Crippen LogP contribution is 2.27. The third-order valence-corrected chi connectivity index (χ3v) is 4.70. The van der Waals surface area contributed by atoms with Gasteiger partial charge in [0.2, 0.25) is 0 Å². The van der Waals surface area contributed by atoms with Gasteiger partial charge in [0.05, 0.1) is 18.3 Å². The summed E-state index contributed by atoms with van der Waals surface area (Å²) < 4.78 is 0. The van der Waals surface area contributed by atoms with Crippen molar-refractivity contribution in [1.82, 2.24) is 4.90 Å². The van der Waals surface area contributed by atoms with Gasteiger partial charge in [-0.25, -0.2) is 0 Å². The minimum absolute atomic E-state index is 0.148. The van der Waals surface area contributed by atoms with Crippen LogP contribution in [0, 0.1) is 11.8 Å². The third kappa shape index (κ3) is 3.71. The Morgan fingerprint density at radius 2 is 2.11 bits per heavy atom. The molecule has 1 fully saturated rings. The van der Waals surface area contributed by atoms with Crippen molar-refractivity contribution < 1.29 is 9.90 Å². The van der Waals surface area contributed by atoms with Gasteiger partial charge in [-0.2, -0.15) is 0 Å². The van der Waals surface area contributed by atoms with Gasteiger partial charge < -0.3 is 10.0 Å². The van der Waals surface area contributed by atoms with Crippen LogP contribution >= 0.6 is 0 Å². The molecule has 0 aromatic rings. The summed E-state index contributed by atoms with van der Waals surface area (Å²) in [5.74, 6) is -0.217. The Bertz CT molecular complexity index is 337. The second-order valence-electron chi connectivity index (χ2n) is 6.25. The Hall–Kier alpha value is -1.06. The molecule has 0 amide bonds. The second kappa shape index (κ2) is 6.40. The standard InChI is InChI=1S/C15H26N2O2/c1-11(15(18)19)8-14-12(2)17(10-16-14)9-13-6-4-3-5-7-13/h10-14H,3-9H2,1-2H3,(H,18,19). The number of carbonyl (C=O) groups is 1. The van der Waals surface area contributed by atoms with E-state index >= 15 is 0 Å². The summed E-state index contributed by atoms with van der Waals surface area (Å²) in [6, 6.07) is 0.499. The van der Waals surface area contributed by atoms with E-state index in [1.165, 1.54) is 32.1 Å². The molecule has 4 nitrogen and oxygen atoms in total. The molecular weight excluding hydrogens is 240 g/mol. The summed E-state index contributed by atoms with van der Waals surface area (Å²) in [6.07, 6.45) is 9.40. The molecule has 1 saturated carbocycles. The zero-order chi connectivity index (χ0) is 13.8. The molecule has 0 aromatic heterocycles. The number of carboxylic acid groups (broad SMARTS) is 1. The van der Waals surface area contributed by atoms with Gasteiger partial charge >= 0.3 is 5.97 Å². The van der Waals surface area contributed by atoms with Crippen molar-refractivity contribution in [3.8, 4) is 0 Å². The molecule has 2 aliphatic rings. The molecule has 1 aliphatic carbocycles. The highest BCUT2D eigenvalue weighted by atomic mass is 16.4. The van der Waals surface area contributed by atoms with Gasteiger partial charge in [0, 0.05) is 12.6 Å². The normalized spacial score (nSPS) is 29.7. The zero-order valence-electron chi connectivity index (χ0n) is 12.1. The lowest BCUT2D eigenvalue weighted by Gasteiger charge is -2.31. The van der Waals surface area contributed by atoms with Crippen LogP contribution in [-0.4, -0.2) is 40.9 Å². The molecule has 0 aromatic carbocycles. The van der Waals surface area contributed by atoms with Crippen LogP contribution in [0.2, 0.25) is 0 Å². The van der Waals surface area contributed by atoms with Crippen LogP contribution < -0.4 is 0 Å². The minimum Gasteiger partial charge on any atom is -0.481 e. The maximum absolute atomic E-state index is 10.9. The minimum atomic E-state index is -0.715. The van der Waals surface area contributed by atoms with Gasteiger partial charge in [0.25, 0.3) is 0 Å². The van der Waals surface area contributed by atoms with Crippen LogP contribution in [0.4, 0.5) is 0 Å². The van der Waals surface area contributed by atoms with Gasteiger partial charge in [0.1, 0.15) is 0 Å². The zero-order valence-corrected chi connectivity index (χ0v) is 12.1. The highest BCUT2D eigenvalue weighted by Gasteiger charge is 2.31. The fourth-order valence-corrected chi connectivity index (χ4v) is 3.22. The fourth-order valence-electron chi connectivity index (χ4n) is 3.22. The summed E-state index contributed by atoms with van der Waals surface area (Å²) in [6.45, 7) is 5.05. The molecule has 19 heavy (non-hydrogen) atoms. The summed E-state index contributed by atoms with van der Waals surface area (Å²) in [5, 5.41) is 8.99. The largest absolute Gasteiger partial charge is 0.481 e. The van der Waals surface area contributed by atoms with Crippen molar-refractivity contribution >= 4 is 12.3 Å². The Morgan fingerprint density at radius 1 is 1.42 bits per heavy atom. The van der Waals surface area contributed by atoms with E-state index in [-0.39, 0.29) is 12.0 Å². The van der Waals surface area contributed by atoms with Crippen molar-refractivity contribution in [2.24, 2.45) is 16.8 Å². The Kier molecular flexibility index (Phi) is 4.83. The van der Waals surface area contributed by atoms with Crippen LogP contribution in [-0.2, 0) is 4.79 Å². The van der Waals surface area contributed by atoms with Gasteiger partial charge in [-0.05, 0) is 32.1 Å². The fraction of sp³-hybridized carbons (Fsp3) is 0.867. The molecule has 3 unspecified atom stereocenters. The molecule has 1 N–H and O–H groups in total. The first-order valence-corrected chi connectivity index (χ1v) is 7.59. The number of aliphatic carboxylic acids is 1. The van der Waals surface area contributed by atoms with E-state index in [1.807, 2.05) is 6.34 Å². The van der Waals surface area contributed by atoms with Crippen molar-refractivity contribution in [3.63, 3.8) is 0 Å². The van der Waals surface area contributed by atoms with Crippen LogP contribution in [0.25, 0.3) is 0 Å². The molecule has 0 bridgehead atoms. The Labute approximate surface area is 115 Å². The number of aliphatic imine (C=N–C) groups is 1. The molecule has 1 heterocycles. The van der Waals surface area contributed by atoms with Gasteiger partial charge in [0.15, 0.2) is 0 Å². The number of carboxylic acids is 1. The molecule has 0 radical (unpaired) electrons. The van der Waals surface area contributed by atoms with Crippen LogP contribution in [0.15, 0.2) is 4.99 Å². The second-order valence-corrected chi connectivity index (χ2v) is 6.25. The topological polar surface area (TPSA) is 52.9 Å². The van der Waals surface area contributed by atoms with Gasteiger partial charge in [-0.1, -0.05) is 26.2 Å². The van der Waals surface area contributed by atoms with E-state index in [4.69, 9.17) is 5.11 Å². The monoisotopic (exact) mass is 266 g/mol. The lowest BCUT2D eigenvalue weighted by atomic mass is 9.88. The van der Waals surface area contributed by atoms with Crippen molar-refractivity contribution in [2.45, 2.75) is 64.5 Å². The predicted molar refractivity (Wildman–Crippen MR) is 76.4 cm³/mol. The number of nitrogens with zero attached hydrogens (tertiary/aromatic N) is 2. The first-order chi connectivity index (χ1) is 9.08. The third-order valence-electron chi connectivity index (χ3n) is 4.70. The maximum Gasteiger partial charge on any atom is 0.306 e. The average Bonchev–Trinajstić information content (AvgIpc) is 2.73. The molecular formula is C15H26N2O2. The summed E-state index contributed by atoms with van der Waals surface area (Å²) >= 11 is 0. The number of hydrogen-bond acceptors (Lipinski definition) is 3. The van der Waals surface area contributed by atoms with Crippen molar-refractivity contribution in [2.75, 3.05) is 6.54 Å². The molecule has 108 valence electrons. The first-order valence-electron chi connectivity index (χ1n) is 7.59. The first kappa shape index (κ1) is 14.4. The lowest BCUT2D eigenvalue weighted by Crippen LogP contribution is -2.38. The molecule has 2 rings (SSSR count). The van der Waals surface area contributed by atoms with Crippen LogP contribution in [0.3, 0.4) is 0 Å². The average molecular weight is 266 g/mol. The van der Waals surface area contributed by atoms with Gasteiger partial charge in [-0.15, -0.1) is 0 Å². The van der Waals surface area contributed by atoms with Crippen molar-refractivity contribution in [3.05, 3.63) is 0 Å². The molecule has 0 spiro atoms. The maximum atomic E-state index is 10.9. The van der Waals surface area contributed by atoms with Crippen LogP contribution in [0.5, 0.6) is 0 Å². The number of rotatable bonds is 5. The van der Waals surface area contributed by atoms with Crippen LogP contribution in [0.1, 0.15) is 52.4 Å². The predicted octanol–water partition coefficient (Wildman–Crippen LogP) is 2.78. The highest BCUT2D eigenvalue weighted by molar-refractivity contribution is 5.69. The van der Waals surface area contributed by atoms with E-state index in [2.05, 4.69) is 16.8 Å². The smallest absolute Gasteiger partial charge is 0.306 e. The van der Waals surface area contributed by atoms with E-state index in [1.54, 1.807) is 6.92 Å². The Balaban J connectivity index is 1.82. The van der Waals surface area contributed by atoms with E-state index in [9.17, 15) is 4.79 Å². The van der Waals surface area contributed by atoms with E-state index in [0.717, 1.165) is 12.5 Å². The molecule has 3 atom stereocenters. The quantitative estimate of drug-likeness (QED) is 0.832. The van der Waals surface area contributed by atoms with E-state index < -0.39 is 5.97 Å². The lowest BCUT2D eigenvalue weighted by molar-refractivity contribution is -0.141. The Morgan fingerprint density at radius 3 is 2.74 bits per heavy atom. The molecule has 0 saturated heterocycles. The molecule has 4 heteroatoms. The van der Waals surface area contributed by atoms with E-state index in [0.29, 0.717) is 12.5 Å². The summed E-state index contributed by atoms with van der Waals surface area (Å²) in [4.78, 5) is 17.8. The summed E-state index contributed by atoms with van der Waals surface area (Å²) in [5.41, 5.74) is 0. The summed E-state index contributed by atoms with van der Waals surface area (Å²) in [7, 11) is 0. The van der Waals surface area contributed by atoms with Gasteiger partial charge in [-0.3, -0.25) is 9.79 Å².